The van der Waals surface area contributed by atoms with E-state index in [4.69, 9.17) is 18.9 Å². The van der Waals surface area contributed by atoms with Gasteiger partial charge in [0.05, 0.1) is 32.4 Å². The lowest BCUT2D eigenvalue weighted by atomic mass is 10.1. The Morgan fingerprint density at radius 1 is 1.10 bits per heavy atom. The molecular formula is C21H28N2O6S. The zero-order valence-electron chi connectivity index (χ0n) is 18.0. The van der Waals surface area contributed by atoms with Crippen LogP contribution in [0.5, 0.6) is 11.5 Å². The summed E-state index contributed by atoms with van der Waals surface area (Å²) in [5.41, 5.74) is 1.19. The van der Waals surface area contributed by atoms with E-state index in [0.29, 0.717) is 22.9 Å². The highest BCUT2D eigenvalue weighted by Gasteiger charge is 2.21. The first kappa shape index (κ1) is 23.6. The van der Waals surface area contributed by atoms with Gasteiger partial charge in [-0.05, 0) is 32.6 Å². The summed E-state index contributed by atoms with van der Waals surface area (Å²) in [6.07, 6.45) is 4.63. The number of aromatic nitrogens is 2. The average molecular weight is 437 g/mol. The third-order valence-corrected chi connectivity index (χ3v) is 5.33. The molecule has 0 aliphatic rings. The van der Waals surface area contributed by atoms with Gasteiger partial charge in [-0.15, -0.1) is 11.3 Å². The smallest absolute Gasteiger partial charge is 0.356 e. The number of hydrogen-bond acceptors (Lipinski definition) is 9. The quantitative estimate of drug-likeness (QED) is 0.384. The van der Waals surface area contributed by atoms with E-state index in [1.54, 1.807) is 0 Å². The molecule has 2 aromatic rings. The molecule has 0 unspecified atom stereocenters. The Hall–Kier alpha value is -2.68. The van der Waals surface area contributed by atoms with Crippen molar-refractivity contribution in [3.63, 3.8) is 0 Å². The monoisotopic (exact) mass is 436 g/mol. The lowest BCUT2D eigenvalue weighted by molar-refractivity contribution is -0.145. The maximum Gasteiger partial charge on any atom is 0.356 e. The number of hydrogen-bond donors (Lipinski definition) is 0. The maximum atomic E-state index is 12.0. The van der Waals surface area contributed by atoms with Gasteiger partial charge in [0.2, 0.25) is 0 Å². The third kappa shape index (κ3) is 6.41. The fourth-order valence-electron chi connectivity index (χ4n) is 3.00. The van der Waals surface area contributed by atoms with Gasteiger partial charge in [-0.2, -0.15) is 0 Å². The largest absolute Gasteiger partial charge is 0.493 e. The van der Waals surface area contributed by atoms with Crippen LogP contribution >= 0.6 is 11.3 Å². The average Bonchev–Trinajstić information content (AvgIpc) is 3.20. The molecule has 0 bridgehead atoms. The van der Waals surface area contributed by atoms with Crippen molar-refractivity contribution < 1.29 is 28.5 Å². The molecule has 2 rings (SSSR count). The minimum absolute atomic E-state index is 0.0513. The minimum atomic E-state index is -0.560. The van der Waals surface area contributed by atoms with Crippen molar-refractivity contribution in [3.8, 4) is 22.9 Å². The first-order chi connectivity index (χ1) is 14.4. The highest BCUT2D eigenvalue weighted by molar-refractivity contribution is 7.09. The summed E-state index contributed by atoms with van der Waals surface area (Å²) in [7, 11) is 4.32. The predicted molar refractivity (Wildman–Crippen MR) is 113 cm³/mol. The third-order valence-electron chi connectivity index (χ3n) is 4.42. The van der Waals surface area contributed by atoms with Crippen LogP contribution in [0.3, 0.4) is 0 Å². The summed E-state index contributed by atoms with van der Waals surface area (Å²) in [4.78, 5) is 31.9. The number of unbranched alkanes of at least 4 members (excludes halogenated alkanes) is 2. The highest BCUT2D eigenvalue weighted by Crippen LogP contribution is 2.37. The van der Waals surface area contributed by atoms with Crippen molar-refractivity contribution in [2.75, 3.05) is 21.3 Å². The molecule has 9 heteroatoms. The topological polar surface area (TPSA) is 96.8 Å². The Balaban J connectivity index is 2.04. The Morgan fingerprint density at radius 2 is 1.87 bits per heavy atom. The van der Waals surface area contributed by atoms with Gasteiger partial charge in [-0.3, -0.25) is 4.79 Å². The van der Waals surface area contributed by atoms with Crippen molar-refractivity contribution >= 4 is 23.3 Å². The van der Waals surface area contributed by atoms with E-state index in [1.807, 2.05) is 12.3 Å². The number of ether oxygens (including phenoxy) is 4. The first-order valence-electron chi connectivity index (χ1n) is 9.72. The number of carbonyl (C=O) groups excluding carboxylic acids is 2. The zero-order chi connectivity index (χ0) is 22.1. The van der Waals surface area contributed by atoms with Crippen molar-refractivity contribution in [2.45, 2.75) is 52.1 Å². The number of nitrogens with zero attached hydrogens (tertiary/aromatic N) is 2. The van der Waals surface area contributed by atoms with Crippen LogP contribution in [0.4, 0.5) is 0 Å². The molecule has 0 spiro atoms. The zero-order valence-corrected chi connectivity index (χ0v) is 18.8. The number of methoxy groups -OCH3 is 3. The Morgan fingerprint density at radius 3 is 2.50 bits per heavy atom. The fraction of sp³-hybridized carbons (Fsp3) is 0.524. The van der Waals surface area contributed by atoms with Crippen LogP contribution in [0.25, 0.3) is 11.4 Å². The van der Waals surface area contributed by atoms with Crippen molar-refractivity contribution in [3.05, 3.63) is 22.1 Å². The molecule has 0 aromatic carbocycles. The van der Waals surface area contributed by atoms with Crippen LogP contribution in [0.1, 0.15) is 55.0 Å². The molecule has 0 fully saturated rings. The molecule has 0 saturated carbocycles. The number of esters is 2. The minimum Gasteiger partial charge on any atom is -0.493 e. The maximum absolute atomic E-state index is 12.0. The second kappa shape index (κ2) is 11.5. The van der Waals surface area contributed by atoms with Gasteiger partial charge in [0.25, 0.3) is 0 Å². The molecule has 0 radical (unpaired) electrons. The van der Waals surface area contributed by atoms with E-state index >= 15 is 0 Å². The molecule has 1 atom stereocenters. The number of aryl methyl sites for hydroxylation is 1. The van der Waals surface area contributed by atoms with Gasteiger partial charge in [0, 0.05) is 18.4 Å². The lowest BCUT2D eigenvalue weighted by Gasteiger charge is -2.12. The van der Waals surface area contributed by atoms with Crippen LogP contribution < -0.4 is 9.47 Å². The fourth-order valence-corrected chi connectivity index (χ4v) is 3.83. The Bertz CT molecular complexity index is 867. The predicted octanol–water partition coefficient (Wildman–Crippen LogP) is 4.06. The normalized spacial score (nSPS) is 11.6. The van der Waals surface area contributed by atoms with E-state index in [2.05, 4.69) is 9.97 Å². The number of pyridine rings is 1. The molecule has 0 N–H and O–H groups in total. The summed E-state index contributed by atoms with van der Waals surface area (Å²) in [5.74, 6) is 0.00574. The Kier molecular flexibility index (Phi) is 9.04. The molecule has 164 valence electrons. The molecule has 0 saturated heterocycles. The molecule has 8 nitrogen and oxygen atoms in total. The van der Waals surface area contributed by atoms with Crippen LogP contribution in [-0.2, 0) is 20.7 Å². The van der Waals surface area contributed by atoms with Crippen LogP contribution in [-0.4, -0.2) is 49.3 Å². The van der Waals surface area contributed by atoms with Gasteiger partial charge in [-0.1, -0.05) is 6.42 Å². The number of thiazole rings is 1. The molecule has 0 amide bonds. The van der Waals surface area contributed by atoms with Crippen LogP contribution in [0.15, 0.2) is 11.4 Å². The number of carbonyl (C=O) groups is 2. The van der Waals surface area contributed by atoms with Gasteiger partial charge in [0.1, 0.15) is 11.4 Å². The molecule has 2 heterocycles. The molecule has 0 aliphatic carbocycles. The van der Waals surface area contributed by atoms with Crippen molar-refractivity contribution in [2.24, 2.45) is 0 Å². The van der Waals surface area contributed by atoms with Crippen LogP contribution in [0.2, 0.25) is 0 Å². The summed E-state index contributed by atoms with van der Waals surface area (Å²) in [6, 6.07) is 1.48. The summed E-state index contributed by atoms with van der Waals surface area (Å²) >= 11 is 1.54. The molecule has 2 aromatic heterocycles. The number of rotatable bonds is 11. The molecular weight excluding hydrogens is 408 g/mol. The summed E-state index contributed by atoms with van der Waals surface area (Å²) < 4.78 is 20.7. The van der Waals surface area contributed by atoms with Gasteiger partial charge in [-0.25, -0.2) is 14.8 Å². The standard InChI is InChI=1S/C21H28N2O6S/c1-13(29-14(2)24)9-7-6-8-10-18-22-16(12-30-18)19-20(27-4)17(26-3)11-15(23-19)21(25)28-5/h11-13H,6-10H2,1-5H3/t13-/m1/s1. The Labute approximate surface area is 180 Å². The van der Waals surface area contributed by atoms with E-state index < -0.39 is 5.97 Å². The van der Waals surface area contributed by atoms with Gasteiger partial charge < -0.3 is 18.9 Å². The second-order valence-corrected chi connectivity index (χ2v) is 7.67. The van der Waals surface area contributed by atoms with Gasteiger partial charge in [0.15, 0.2) is 17.2 Å². The van der Waals surface area contributed by atoms with E-state index in [0.717, 1.165) is 37.1 Å². The lowest BCUT2D eigenvalue weighted by Crippen LogP contribution is -2.11. The second-order valence-electron chi connectivity index (χ2n) is 6.73. The first-order valence-corrected chi connectivity index (χ1v) is 10.6. The van der Waals surface area contributed by atoms with E-state index in [1.165, 1.54) is 45.7 Å². The van der Waals surface area contributed by atoms with E-state index in [-0.39, 0.29) is 17.8 Å². The van der Waals surface area contributed by atoms with Crippen molar-refractivity contribution in [1.29, 1.82) is 0 Å². The van der Waals surface area contributed by atoms with E-state index in [9.17, 15) is 9.59 Å². The SMILES string of the molecule is COC(=O)c1cc(OC)c(OC)c(-c2csc(CCCCC[C@@H](C)OC(C)=O)n2)n1. The molecule has 30 heavy (non-hydrogen) atoms. The summed E-state index contributed by atoms with van der Waals surface area (Å²) in [5, 5.41) is 2.87. The van der Waals surface area contributed by atoms with Crippen LogP contribution in [0, 0.1) is 0 Å². The van der Waals surface area contributed by atoms with Gasteiger partial charge >= 0.3 is 11.9 Å². The highest BCUT2D eigenvalue weighted by atomic mass is 32.1. The summed E-state index contributed by atoms with van der Waals surface area (Å²) in [6.45, 7) is 3.34. The van der Waals surface area contributed by atoms with Crippen molar-refractivity contribution in [1.82, 2.24) is 9.97 Å². The molecule has 0 aliphatic heterocycles.